The molecule has 1 amide bonds. The molecule has 1 aliphatic heterocycles. The van der Waals surface area contributed by atoms with E-state index in [9.17, 15) is 4.79 Å². The van der Waals surface area contributed by atoms with E-state index in [0.29, 0.717) is 13.1 Å². The van der Waals surface area contributed by atoms with Crippen molar-refractivity contribution in [1.29, 1.82) is 5.26 Å². The van der Waals surface area contributed by atoms with Crippen molar-refractivity contribution in [3.8, 4) is 6.07 Å². The predicted molar refractivity (Wildman–Crippen MR) is 58.9 cm³/mol. The smallest absolute Gasteiger partial charge is 0.236 e. The molecule has 0 saturated carbocycles. The average Bonchev–Trinajstić information content (AvgIpc) is 2.97. The Morgan fingerprint density at radius 2 is 2.47 bits per heavy atom. The molecule has 2 rings (SSSR count). The molecule has 17 heavy (non-hydrogen) atoms. The lowest BCUT2D eigenvalue weighted by Gasteiger charge is -2.17. The van der Waals surface area contributed by atoms with E-state index in [1.54, 1.807) is 24.5 Å². The van der Waals surface area contributed by atoms with Gasteiger partial charge in [-0.3, -0.25) is 4.79 Å². The number of carbonyl (C=O) groups is 1. The van der Waals surface area contributed by atoms with Gasteiger partial charge in [0, 0.05) is 32.6 Å². The van der Waals surface area contributed by atoms with Gasteiger partial charge in [-0.05, 0) is 0 Å². The SMILES string of the molecule is CO[C@H]1CN(C(=O)CC#N)C[C@@H]1n1ccnc1. The third-order valence-electron chi connectivity index (χ3n) is 3.03. The minimum absolute atomic E-state index is 0.0492. The summed E-state index contributed by atoms with van der Waals surface area (Å²) in [6.07, 6.45) is 5.15. The van der Waals surface area contributed by atoms with E-state index in [1.807, 2.05) is 16.8 Å². The summed E-state index contributed by atoms with van der Waals surface area (Å²) in [6.45, 7) is 1.09. The van der Waals surface area contributed by atoms with E-state index in [1.165, 1.54) is 0 Å². The van der Waals surface area contributed by atoms with Crippen LogP contribution in [0.3, 0.4) is 0 Å². The summed E-state index contributed by atoms with van der Waals surface area (Å²) in [5.74, 6) is -0.142. The molecule has 1 aromatic heterocycles. The highest BCUT2D eigenvalue weighted by Crippen LogP contribution is 2.24. The van der Waals surface area contributed by atoms with Crippen LogP contribution in [0.25, 0.3) is 0 Å². The zero-order valence-corrected chi connectivity index (χ0v) is 9.61. The zero-order chi connectivity index (χ0) is 12.3. The van der Waals surface area contributed by atoms with Gasteiger partial charge in [0.15, 0.2) is 0 Å². The van der Waals surface area contributed by atoms with Gasteiger partial charge in [-0.2, -0.15) is 5.26 Å². The molecule has 1 aliphatic rings. The lowest BCUT2D eigenvalue weighted by Crippen LogP contribution is -2.29. The summed E-state index contributed by atoms with van der Waals surface area (Å²) in [4.78, 5) is 17.3. The predicted octanol–water partition coefficient (Wildman–Crippen LogP) is 0.195. The molecular weight excluding hydrogens is 220 g/mol. The van der Waals surface area contributed by atoms with Crippen LogP contribution in [0.5, 0.6) is 0 Å². The summed E-state index contributed by atoms with van der Waals surface area (Å²) in [5.41, 5.74) is 0. The fourth-order valence-corrected chi connectivity index (χ4v) is 2.12. The Morgan fingerprint density at radius 3 is 3.06 bits per heavy atom. The molecule has 2 atom stereocenters. The molecule has 0 spiro atoms. The molecule has 0 aliphatic carbocycles. The number of likely N-dealkylation sites (tertiary alicyclic amines) is 1. The molecule has 0 N–H and O–H groups in total. The minimum Gasteiger partial charge on any atom is -0.377 e. The molecule has 0 unspecified atom stereocenters. The lowest BCUT2D eigenvalue weighted by molar-refractivity contribution is -0.129. The number of amides is 1. The number of nitriles is 1. The van der Waals surface area contributed by atoms with Crippen molar-refractivity contribution >= 4 is 5.91 Å². The van der Waals surface area contributed by atoms with E-state index in [-0.39, 0.29) is 24.5 Å². The van der Waals surface area contributed by atoms with E-state index in [4.69, 9.17) is 10.00 Å². The number of imidazole rings is 1. The molecule has 2 heterocycles. The second kappa shape index (κ2) is 4.97. The van der Waals surface area contributed by atoms with Crippen molar-refractivity contribution in [2.24, 2.45) is 0 Å². The normalized spacial score (nSPS) is 23.6. The van der Waals surface area contributed by atoms with Gasteiger partial charge in [0.1, 0.15) is 6.42 Å². The maximum Gasteiger partial charge on any atom is 0.236 e. The van der Waals surface area contributed by atoms with Gasteiger partial charge in [-0.1, -0.05) is 0 Å². The van der Waals surface area contributed by atoms with E-state index in [0.717, 1.165) is 0 Å². The highest BCUT2D eigenvalue weighted by molar-refractivity contribution is 5.78. The first-order chi connectivity index (χ1) is 8.26. The topological polar surface area (TPSA) is 71.2 Å². The van der Waals surface area contributed by atoms with Gasteiger partial charge >= 0.3 is 0 Å². The third-order valence-corrected chi connectivity index (χ3v) is 3.03. The maximum atomic E-state index is 11.6. The average molecular weight is 234 g/mol. The Kier molecular flexibility index (Phi) is 3.40. The summed E-state index contributed by atoms with van der Waals surface area (Å²) in [6, 6.07) is 1.95. The van der Waals surface area contributed by atoms with Crippen molar-refractivity contribution in [3.05, 3.63) is 18.7 Å². The Bertz CT molecular complexity index is 423. The number of methoxy groups -OCH3 is 1. The van der Waals surface area contributed by atoms with Crippen molar-refractivity contribution in [1.82, 2.24) is 14.5 Å². The zero-order valence-electron chi connectivity index (χ0n) is 9.61. The lowest BCUT2D eigenvalue weighted by atomic mass is 10.2. The number of rotatable bonds is 3. The third kappa shape index (κ3) is 2.29. The van der Waals surface area contributed by atoms with Gasteiger partial charge in [0.05, 0.1) is 24.5 Å². The molecular formula is C11H14N4O2. The largest absolute Gasteiger partial charge is 0.377 e. The number of aromatic nitrogens is 2. The molecule has 6 nitrogen and oxygen atoms in total. The second-order valence-electron chi connectivity index (χ2n) is 3.99. The molecule has 0 bridgehead atoms. The molecule has 90 valence electrons. The van der Waals surface area contributed by atoms with Crippen LogP contribution in [0.1, 0.15) is 12.5 Å². The monoisotopic (exact) mass is 234 g/mol. The Morgan fingerprint density at radius 1 is 1.65 bits per heavy atom. The van der Waals surface area contributed by atoms with E-state index >= 15 is 0 Å². The van der Waals surface area contributed by atoms with Gasteiger partial charge < -0.3 is 14.2 Å². The molecule has 1 saturated heterocycles. The van der Waals surface area contributed by atoms with Crippen molar-refractivity contribution in [2.75, 3.05) is 20.2 Å². The quantitative estimate of drug-likeness (QED) is 0.748. The van der Waals surface area contributed by atoms with Gasteiger partial charge in [-0.15, -0.1) is 0 Å². The number of ether oxygens (including phenoxy) is 1. The second-order valence-corrected chi connectivity index (χ2v) is 3.99. The fourth-order valence-electron chi connectivity index (χ4n) is 2.12. The number of hydrogen-bond donors (Lipinski definition) is 0. The fraction of sp³-hybridized carbons (Fsp3) is 0.545. The first-order valence-corrected chi connectivity index (χ1v) is 5.41. The van der Waals surface area contributed by atoms with Crippen molar-refractivity contribution in [3.63, 3.8) is 0 Å². The van der Waals surface area contributed by atoms with E-state index < -0.39 is 0 Å². The van der Waals surface area contributed by atoms with Crippen LogP contribution in [0.2, 0.25) is 0 Å². The van der Waals surface area contributed by atoms with Crippen LogP contribution in [-0.4, -0.2) is 46.7 Å². The van der Waals surface area contributed by atoms with Crippen LogP contribution in [0.4, 0.5) is 0 Å². The first-order valence-electron chi connectivity index (χ1n) is 5.41. The molecule has 1 aromatic rings. The number of hydrogen-bond acceptors (Lipinski definition) is 4. The molecule has 0 aromatic carbocycles. The highest BCUT2D eigenvalue weighted by Gasteiger charge is 2.35. The van der Waals surface area contributed by atoms with Crippen LogP contribution in [0, 0.1) is 11.3 Å². The Labute approximate surface area is 99.4 Å². The summed E-state index contributed by atoms with van der Waals surface area (Å²) in [5, 5.41) is 8.53. The molecule has 0 radical (unpaired) electrons. The standard InChI is InChI=1S/C11H14N4O2/c1-17-10-7-15(11(16)2-3-12)6-9(10)14-5-4-13-8-14/h4-5,8-10H,2,6-7H2,1H3/t9-,10-/m0/s1. The Balaban J connectivity index is 2.09. The van der Waals surface area contributed by atoms with E-state index in [2.05, 4.69) is 4.98 Å². The van der Waals surface area contributed by atoms with Crippen LogP contribution in [0.15, 0.2) is 18.7 Å². The van der Waals surface area contributed by atoms with Crippen molar-refractivity contribution < 1.29 is 9.53 Å². The summed E-state index contributed by atoms with van der Waals surface area (Å²) in [7, 11) is 1.63. The summed E-state index contributed by atoms with van der Waals surface area (Å²) < 4.78 is 7.32. The minimum atomic E-state index is -0.142. The van der Waals surface area contributed by atoms with Gasteiger partial charge in [0.25, 0.3) is 0 Å². The van der Waals surface area contributed by atoms with Gasteiger partial charge in [-0.25, -0.2) is 4.98 Å². The maximum absolute atomic E-state index is 11.6. The first kappa shape index (κ1) is 11.6. The van der Waals surface area contributed by atoms with Crippen LogP contribution in [-0.2, 0) is 9.53 Å². The molecule has 1 fully saturated rings. The number of carbonyl (C=O) groups excluding carboxylic acids is 1. The highest BCUT2D eigenvalue weighted by atomic mass is 16.5. The summed E-state index contributed by atoms with van der Waals surface area (Å²) >= 11 is 0. The van der Waals surface area contributed by atoms with Gasteiger partial charge in [0.2, 0.25) is 5.91 Å². The Hall–Kier alpha value is -1.87. The van der Waals surface area contributed by atoms with Crippen molar-refractivity contribution in [2.45, 2.75) is 18.6 Å². The van der Waals surface area contributed by atoms with Crippen LogP contribution >= 0.6 is 0 Å². The molecule has 6 heteroatoms. The van der Waals surface area contributed by atoms with Crippen LogP contribution < -0.4 is 0 Å². The number of nitrogens with zero attached hydrogens (tertiary/aromatic N) is 4.